The minimum atomic E-state index is -4.81. The van der Waals surface area contributed by atoms with E-state index in [9.17, 15) is 27.6 Å². The number of thioether (sulfide) groups is 1. The Morgan fingerprint density at radius 1 is 1.12 bits per heavy atom. The van der Waals surface area contributed by atoms with E-state index in [4.69, 9.17) is 4.74 Å². The molecule has 2 N–H and O–H groups in total. The van der Waals surface area contributed by atoms with Crippen LogP contribution in [-0.4, -0.2) is 52.1 Å². The lowest BCUT2D eigenvalue weighted by molar-refractivity contribution is -0.137. The molecule has 3 aliphatic heterocycles. The van der Waals surface area contributed by atoms with Gasteiger partial charge in [0.1, 0.15) is 21.8 Å². The van der Waals surface area contributed by atoms with Crippen molar-refractivity contribution in [1.29, 1.82) is 0 Å². The minimum Gasteiger partial charge on any atom is -0.457 e. The number of para-hydroxylation sites is 1. The van der Waals surface area contributed by atoms with Gasteiger partial charge in [0.15, 0.2) is 0 Å². The molecule has 1 saturated heterocycles. The zero-order valence-electron chi connectivity index (χ0n) is 22.6. The highest BCUT2D eigenvalue weighted by Gasteiger charge is 2.48. The first-order chi connectivity index (χ1) is 20.6. The van der Waals surface area contributed by atoms with E-state index in [1.807, 2.05) is 0 Å². The number of aromatic nitrogens is 1. The van der Waals surface area contributed by atoms with Crippen molar-refractivity contribution >= 4 is 41.0 Å². The third-order valence-corrected chi connectivity index (χ3v) is 8.80. The number of carbonyl (C=O) groups excluding carboxylic acids is 3. The summed E-state index contributed by atoms with van der Waals surface area (Å²) in [6, 6.07) is 11.4. The van der Waals surface area contributed by atoms with Crippen LogP contribution in [0, 0.1) is 0 Å². The maximum Gasteiger partial charge on any atom is 0.418 e. The predicted octanol–water partition coefficient (Wildman–Crippen LogP) is 5.56. The van der Waals surface area contributed by atoms with Crippen LogP contribution < -0.4 is 20.3 Å². The lowest BCUT2D eigenvalue weighted by Gasteiger charge is -2.36. The van der Waals surface area contributed by atoms with Crippen molar-refractivity contribution in [2.24, 2.45) is 0 Å². The molecule has 4 heterocycles. The first kappa shape index (κ1) is 28.6. The van der Waals surface area contributed by atoms with Crippen LogP contribution >= 0.6 is 11.8 Å². The maximum atomic E-state index is 14.4. The van der Waals surface area contributed by atoms with E-state index in [1.54, 1.807) is 35.2 Å². The van der Waals surface area contributed by atoms with Crippen LogP contribution in [0.25, 0.3) is 0 Å². The van der Waals surface area contributed by atoms with Gasteiger partial charge in [-0.3, -0.25) is 14.5 Å². The van der Waals surface area contributed by atoms with Gasteiger partial charge in [0, 0.05) is 30.9 Å². The fourth-order valence-electron chi connectivity index (χ4n) is 5.60. The van der Waals surface area contributed by atoms with Crippen molar-refractivity contribution in [3.8, 4) is 11.5 Å². The number of halogens is 3. The van der Waals surface area contributed by atoms with Gasteiger partial charge in [-0.05, 0) is 55.3 Å². The Hall–Kier alpha value is -4.52. The molecule has 0 bridgehead atoms. The number of likely N-dealkylation sites (tertiary alicyclic amines) is 1. The van der Waals surface area contributed by atoms with Gasteiger partial charge < -0.3 is 20.3 Å². The van der Waals surface area contributed by atoms with E-state index in [0.717, 1.165) is 22.7 Å². The van der Waals surface area contributed by atoms with Crippen molar-refractivity contribution in [2.45, 2.75) is 41.4 Å². The van der Waals surface area contributed by atoms with Gasteiger partial charge in [-0.25, -0.2) is 9.78 Å². The number of nitrogens with one attached hydrogen (secondary N) is 2. The van der Waals surface area contributed by atoms with Crippen LogP contribution in [0.5, 0.6) is 11.5 Å². The molecule has 3 atom stereocenters. The summed E-state index contributed by atoms with van der Waals surface area (Å²) >= 11 is 1.14. The number of amides is 4. The lowest BCUT2D eigenvalue weighted by atomic mass is 9.98. The summed E-state index contributed by atoms with van der Waals surface area (Å²) in [5, 5.41) is 5.37. The van der Waals surface area contributed by atoms with Crippen LogP contribution in [0.3, 0.4) is 0 Å². The summed E-state index contributed by atoms with van der Waals surface area (Å²) in [6.07, 6.45) is -0.783. The fourth-order valence-corrected chi connectivity index (χ4v) is 6.83. The van der Waals surface area contributed by atoms with Gasteiger partial charge >= 0.3 is 12.2 Å². The molecule has 43 heavy (non-hydrogen) atoms. The van der Waals surface area contributed by atoms with Gasteiger partial charge in [-0.2, -0.15) is 13.2 Å². The number of pyridine rings is 1. The summed E-state index contributed by atoms with van der Waals surface area (Å²) in [7, 11) is 0. The smallest absolute Gasteiger partial charge is 0.418 e. The molecule has 6 rings (SSSR count). The number of anilines is 2. The number of piperidine rings is 1. The molecule has 0 radical (unpaired) electrons. The quantitative estimate of drug-likeness (QED) is 0.355. The van der Waals surface area contributed by atoms with Gasteiger partial charge in [0.25, 0.3) is 0 Å². The highest BCUT2D eigenvalue weighted by atomic mass is 32.2. The first-order valence-electron chi connectivity index (χ1n) is 13.6. The summed E-state index contributed by atoms with van der Waals surface area (Å²) in [5.41, 5.74) is -0.762. The topological polar surface area (TPSA) is 104 Å². The SMILES string of the molecule is C=CC(=O)N1CCCC(NC(=O)[C@@H]2Sc3nccc4c3C2NC(=O)N4c2ccc(Oc3ccccc3)cc2C(F)(F)F)C1. The van der Waals surface area contributed by atoms with Gasteiger partial charge in [-0.1, -0.05) is 36.5 Å². The van der Waals surface area contributed by atoms with Crippen molar-refractivity contribution in [2.75, 3.05) is 18.0 Å². The molecular weight excluding hydrogens is 583 g/mol. The Morgan fingerprint density at radius 2 is 1.91 bits per heavy atom. The van der Waals surface area contributed by atoms with E-state index < -0.39 is 29.1 Å². The summed E-state index contributed by atoms with van der Waals surface area (Å²) < 4.78 is 48.7. The second kappa shape index (κ2) is 11.3. The number of hydrogen-bond acceptors (Lipinski definition) is 6. The van der Waals surface area contributed by atoms with Gasteiger partial charge in [0.05, 0.1) is 23.0 Å². The number of nitrogens with zero attached hydrogens (tertiary/aromatic N) is 3. The zero-order chi connectivity index (χ0) is 30.3. The van der Waals surface area contributed by atoms with Crippen molar-refractivity contribution in [3.05, 3.63) is 84.6 Å². The molecule has 2 aromatic carbocycles. The summed E-state index contributed by atoms with van der Waals surface area (Å²) in [5.74, 6) is -0.249. The molecular formula is C30H26F3N5O4S. The molecule has 2 unspecified atom stereocenters. The number of urea groups is 1. The second-order valence-electron chi connectivity index (χ2n) is 10.3. The van der Waals surface area contributed by atoms with Crippen LogP contribution in [0.2, 0.25) is 0 Å². The largest absolute Gasteiger partial charge is 0.457 e. The van der Waals surface area contributed by atoms with Crippen LogP contribution in [0.4, 0.5) is 29.3 Å². The predicted molar refractivity (Wildman–Crippen MR) is 153 cm³/mol. The third-order valence-electron chi connectivity index (χ3n) is 7.51. The van der Waals surface area contributed by atoms with E-state index in [0.29, 0.717) is 42.3 Å². The molecule has 1 fully saturated rings. The standard InChI is InChI=1S/C30H26F3N5O4S/c1-2-23(39)37-14-6-7-17(16-37)35-27(40)26-25-24-22(12-13-34-28(24)43-26)38(29(41)36-25)21-11-10-19(15-20(21)30(31,32)33)42-18-8-4-3-5-9-18/h2-5,8-13,15,17,25-26H,1,6-7,14,16H2,(H,35,40)(H,36,41)/t17?,25?,26-/m1/s1. The second-order valence-corrected chi connectivity index (χ2v) is 11.4. The molecule has 0 saturated carbocycles. The molecule has 9 nitrogen and oxygen atoms in total. The highest BCUT2D eigenvalue weighted by molar-refractivity contribution is 8.01. The van der Waals surface area contributed by atoms with E-state index in [-0.39, 0.29) is 35.0 Å². The molecule has 0 spiro atoms. The van der Waals surface area contributed by atoms with Gasteiger partial charge in [0.2, 0.25) is 11.8 Å². The lowest BCUT2D eigenvalue weighted by Crippen LogP contribution is -2.53. The van der Waals surface area contributed by atoms with Crippen LogP contribution in [-0.2, 0) is 15.8 Å². The summed E-state index contributed by atoms with van der Waals surface area (Å²) in [6.45, 7) is 4.42. The minimum absolute atomic E-state index is 0.0408. The number of alkyl halides is 3. The Morgan fingerprint density at radius 3 is 2.65 bits per heavy atom. The van der Waals surface area contributed by atoms with Crippen LogP contribution in [0.15, 0.2) is 78.5 Å². The number of rotatable bonds is 6. The molecule has 3 aliphatic rings. The van der Waals surface area contributed by atoms with E-state index in [2.05, 4.69) is 22.2 Å². The maximum absolute atomic E-state index is 14.4. The van der Waals surface area contributed by atoms with Gasteiger partial charge in [-0.15, -0.1) is 0 Å². The number of benzene rings is 2. The molecule has 3 aromatic rings. The Labute approximate surface area is 249 Å². The number of ether oxygens (including phenoxy) is 1. The molecule has 1 aromatic heterocycles. The third kappa shape index (κ3) is 5.52. The first-order valence-corrected chi connectivity index (χ1v) is 14.4. The molecule has 0 aliphatic carbocycles. The number of carbonyl (C=O) groups is 3. The monoisotopic (exact) mass is 609 g/mol. The van der Waals surface area contributed by atoms with Crippen molar-refractivity contribution < 1.29 is 32.3 Å². The van der Waals surface area contributed by atoms with Crippen molar-refractivity contribution in [3.63, 3.8) is 0 Å². The van der Waals surface area contributed by atoms with Crippen LogP contribution in [0.1, 0.15) is 30.0 Å². The summed E-state index contributed by atoms with van der Waals surface area (Å²) in [4.78, 5) is 46.0. The zero-order valence-corrected chi connectivity index (χ0v) is 23.5. The van der Waals surface area contributed by atoms with E-state index in [1.165, 1.54) is 30.5 Å². The Kier molecular flexibility index (Phi) is 7.50. The normalized spacial score (nSPS) is 21.1. The highest BCUT2D eigenvalue weighted by Crippen LogP contribution is 2.52. The molecule has 222 valence electrons. The van der Waals surface area contributed by atoms with Crippen molar-refractivity contribution in [1.82, 2.24) is 20.5 Å². The molecule has 4 amide bonds. The Balaban J connectivity index is 1.29. The Bertz CT molecular complexity index is 1600. The van der Waals surface area contributed by atoms with E-state index >= 15 is 0 Å². The average molecular weight is 610 g/mol. The number of hydrogen-bond donors (Lipinski definition) is 2. The fraction of sp³-hybridized carbons (Fsp3) is 0.267. The average Bonchev–Trinajstić information content (AvgIpc) is 3.37. The molecule has 13 heteroatoms.